The van der Waals surface area contributed by atoms with Crippen LogP contribution in [0.15, 0.2) is 0 Å². The molecule has 0 N–H and O–H groups in total. The number of hydrogen-bond donors (Lipinski definition) is 0. The molecule has 0 aromatic heterocycles. The van der Waals surface area contributed by atoms with Gasteiger partial charge in [-0.1, -0.05) is 48.3 Å². The fraction of sp³-hybridized carbons (Fsp3) is 0.917. The molecule has 0 atom stereocenters. The van der Waals surface area contributed by atoms with Crippen LogP contribution in [0, 0.1) is 5.41 Å². The lowest BCUT2D eigenvalue weighted by atomic mass is 9.71. The standard InChI is InChI=1S/C12H21IO2/c1-15-11(14)12(9-5-6-10-13)7-3-2-4-8-12/h2-10H2,1H3. The molecule has 0 spiro atoms. The molecular formula is C12H21IO2. The first kappa shape index (κ1) is 13.3. The Morgan fingerprint density at radius 3 is 2.47 bits per heavy atom. The number of rotatable bonds is 5. The van der Waals surface area contributed by atoms with Gasteiger partial charge in [0.25, 0.3) is 0 Å². The van der Waals surface area contributed by atoms with Gasteiger partial charge < -0.3 is 4.74 Å². The van der Waals surface area contributed by atoms with Crippen LogP contribution in [0.2, 0.25) is 0 Å². The van der Waals surface area contributed by atoms with E-state index < -0.39 is 0 Å². The third kappa shape index (κ3) is 3.61. The van der Waals surface area contributed by atoms with E-state index in [2.05, 4.69) is 22.6 Å². The number of esters is 1. The summed E-state index contributed by atoms with van der Waals surface area (Å²) in [6.45, 7) is 0. The number of carbonyl (C=O) groups is 1. The van der Waals surface area contributed by atoms with Crippen molar-refractivity contribution in [3.63, 3.8) is 0 Å². The summed E-state index contributed by atoms with van der Waals surface area (Å²) in [5.74, 6) is 0.0376. The van der Waals surface area contributed by atoms with E-state index in [1.807, 2.05) is 0 Å². The van der Waals surface area contributed by atoms with Crippen molar-refractivity contribution in [2.24, 2.45) is 5.41 Å². The van der Waals surface area contributed by atoms with E-state index in [9.17, 15) is 4.79 Å². The quantitative estimate of drug-likeness (QED) is 0.333. The maximum Gasteiger partial charge on any atom is 0.311 e. The van der Waals surface area contributed by atoms with Crippen LogP contribution >= 0.6 is 22.6 Å². The van der Waals surface area contributed by atoms with E-state index in [0.717, 1.165) is 25.7 Å². The largest absolute Gasteiger partial charge is 0.469 e. The minimum absolute atomic E-state index is 0.0376. The van der Waals surface area contributed by atoms with E-state index in [0.29, 0.717) is 0 Å². The Hall–Kier alpha value is 0.200. The van der Waals surface area contributed by atoms with Crippen molar-refractivity contribution in [1.82, 2.24) is 0 Å². The molecule has 3 heteroatoms. The molecule has 0 amide bonds. The monoisotopic (exact) mass is 324 g/mol. The van der Waals surface area contributed by atoms with E-state index in [1.54, 1.807) is 0 Å². The minimum Gasteiger partial charge on any atom is -0.469 e. The van der Waals surface area contributed by atoms with Gasteiger partial charge in [-0.3, -0.25) is 4.79 Å². The molecule has 88 valence electrons. The highest BCUT2D eigenvalue weighted by molar-refractivity contribution is 14.1. The van der Waals surface area contributed by atoms with Crippen molar-refractivity contribution < 1.29 is 9.53 Å². The van der Waals surface area contributed by atoms with Gasteiger partial charge in [0.15, 0.2) is 0 Å². The molecule has 15 heavy (non-hydrogen) atoms. The van der Waals surface area contributed by atoms with Gasteiger partial charge in [0.05, 0.1) is 12.5 Å². The molecule has 0 aromatic rings. The molecular weight excluding hydrogens is 303 g/mol. The Bertz CT molecular complexity index is 198. The van der Waals surface area contributed by atoms with E-state index in [4.69, 9.17) is 4.74 Å². The van der Waals surface area contributed by atoms with Gasteiger partial charge in [0.1, 0.15) is 0 Å². The van der Waals surface area contributed by atoms with Crippen LogP contribution in [0.25, 0.3) is 0 Å². The molecule has 0 aromatic carbocycles. The van der Waals surface area contributed by atoms with Crippen LogP contribution < -0.4 is 0 Å². The summed E-state index contributed by atoms with van der Waals surface area (Å²) in [6, 6.07) is 0. The highest BCUT2D eigenvalue weighted by Gasteiger charge is 2.39. The molecule has 0 saturated heterocycles. The highest BCUT2D eigenvalue weighted by atomic mass is 127. The van der Waals surface area contributed by atoms with Crippen LogP contribution in [-0.4, -0.2) is 17.5 Å². The lowest BCUT2D eigenvalue weighted by Gasteiger charge is -2.34. The Labute approximate surface area is 106 Å². The number of ether oxygens (including phenoxy) is 1. The summed E-state index contributed by atoms with van der Waals surface area (Å²) < 4.78 is 6.17. The zero-order valence-electron chi connectivity index (χ0n) is 9.56. The second kappa shape index (κ2) is 6.71. The van der Waals surface area contributed by atoms with Gasteiger partial charge in [-0.05, 0) is 30.1 Å². The fourth-order valence-corrected chi connectivity index (χ4v) is 3.10. The fourth-order valence-electron chi connectivity index (χ4n) is 2.56. The average molecular weight is 324 g/mol. The lowest BCUT2D eigenvalue weighted by Crippen LogP contribution is -2.34. The van der Waals surface area contributed by atoms with Crippen LogP contribution in [-0.2, 0) is 9.53 Å². The third-order valence-corrected chi connectivity index (χ3v) is 4.23. The van der Waals surface area contributed by atoms with Crippen LogP contribution in [0.5, 0.6) is 0 Å². The molecule has 0 unspecified atom stereocenters. The molecule has 0 heterocycles. The van der Waals surface area contributed by atoms with Gasteiger partial charge in [0, 0.05) is 0 Å². The number of alkyl halides is 1. The van der Waals surface area contributed by atoms with Gasteiger partial charge >= 0.3 is 5.97 Å². The van der Waals surface area contributed by atoms with E-state index in [-0.39, 0.29) is 11.4 Å². The third-order valence-electron chi connectivity index (χ3n) is 3.47. The second-order valence-corrected chi connectivity index (χ2v) is 5.56. The van der Waals surface area contributed by atoms with Gasteiger partial charge in [-0.25, -0.2) is 0 Å². The number of methoxy groups -OCH3 is 1. The summed E-state index contributed by atoms with van der Waals surface area (Å²) in [4.78, 5) is 11.9. The molecule has 0 radical (unpaired) electrons. The molecule has 2 nitrogen and oxygen atoms in total. The molecule has 1 aliphatic rings. The molecule has 0 aliphatic heterocycles. The summed E-state index contributed by atoms with van der Waals surface area (Å²) in [6.07, 6.45) is 9.17. The van der Waals surface area contributed by atoms with Gasteiger partial charge in [-0.2, -0.15) is 0 Å². The summed E-state index contributed by atoms with van der Waals surface area (Å²) >= 11 is 2.40. The molecule has 1 saturated carbocycles. The smallest absolute Gasteiger partial charge is 0.311 e. The Balaban J connectivity index is 2.54. The first-order valence-corrected chi connectivity index (χ1v) is 7.42. The summed E-state index contributed by atoms with van der Waals surface area (Å²) in [5, 5.41) is 0. The topological polar surface area (TPSA) is 26.3 Å². The maximum absolute atomic E-state index is 11.9. The van der Waals surface area contributed by atoms with Crippen molar-refractivity contribution in [1.29, 1.82) is 0 Å². The Morgan fingerprint density at radius 2 is 1.93 bits per heavy atom. The molecule has 0 bridgehead atoms. The number of hydrogen-bond acceptors (Lipinski definition) is 2. The number of unbranched alkanes of at least 4 members (excludes halogenated alkanes) is 1. The normalized spacial score (nSPS) is 19.9. The van der Waals surface area contributed by atoms with Crippen molar-refractivity contribution in [3.8, 4) is 0 Å². The predicted octanol–water partition coefficient (Wildman–Crippen LogP) is 3.72. The van der Waals surface area contributed by atoms with Crippen molar-refractivity contribution >= 4 is 28.6 Å². The maximum atomic E-state index is 11.9. The first-order chi connectivity index (χ1) is 7.25. The van der Waals surface area contributed by atoms with E-state index in [1.165, 1.54) is 37.2 Å². The number of halogens is 1. The highest BCUT2D eigenvalue weighted by Crippen LogP contribution is 2.41. The van der Waals surface area contributed by atoms with Crippen molar-refractivity contribution in [2.75, 3.05) is 11.5 Å². The minimum atomic E-state index is -0.126. The van der Waals surface area contributed by atoms with Crippen LogP contribution in [0.3, 0.4) is 0 Å². The van der Waals surface area contributed by atoms with Crippen LogP contribution in [0.4, 0.5) is 0 Å². The zero-order valence-corrected chi connectivity index (χ0v) is 11.7. The molecule has 1 rings (SSSR count). The van der Waals surface area contributed by atoms with Crippen LogP contribution in [0.1, 0.15) is 51.4 Å². The van der Waals surface area contributed by atoms with Gasteiger partial charge in [0.2, 0.25) is 0 Å². The molecule has 1 fully saturated rings. The average Bonchev–Trinajstić information content (AvgIpc) is 2.29. The second-order valence-electron chi connectivity index (χ2n) is 4.48. The predicted molar refractivity (Wildman–Crippen MR) is 70.3 cm³/mol. The lowest BCUT2D eigenvalue weighted by molar-refractivity contribution is -0.155. The van der Waals surface area contributed by atoms with Crippen molar-refractivity contribution in [3.05, 3.63) is 0 Å². The number of carbonyl (C=O) groups excluding carboxylic acids is 1. The summed E-state index contributed by atoms with van der Waals surface area (Å²) in [7, 11) is 1.52. The Morgan fingerprint density at radius 1 is 1.27 bits per heavy atom. The van der Waals surface area contributed by atoms with Gasteiger partial charge in [-0.15, -0.1) is 0 Å². The Kier molecular flexibility index (Phi) is 5.94. The SMILES string of the molecule is COC(=O)C1(CCCCI)CCCCC1. The molecule has 1 aliphatic carbocycles. The van der Waals surface area contributed by atoms with Crippen molar-refractivity contribution in [2.45, 2.75) is 51.4 Å². The van der Waals surface area contributed by atoms with E-state index >= 15 is 0 Å². The zero-order chi connectivity index (χ0) is 11.1. The summed E-state index contributed by atoms with van der Waals surface area (Å²) in [5.41, 5.74) is -0.126. The first-order valence-electron chi connectivity index (χ1n) is 5.89.